The van der Waals surface area contributed by atoms with Crippen LogP contribution in [0.5, 0.6) is 0 Å². The van der Waals surface area contributed by atoms with Crippen molar-refractivity contribution >= 4 is 11.0 Å². The van der Waals surface area contributed by atoms with Crippen LogP contribution < -0.4 is 0 Å². The smallest absolute Gasteiger partial charge is 0.293 e. The molecule has 0 amide bonds. The average Bonchev–Trinajstić information content (AvgIpc) is 3.16. The minimum atomic E-state index is -2.54. The lowest BCUT2D eigenvalue weighted by Crippen LogP contribution is -2.27. The molecule has 0 saturated heterocycles. The van der Waals surface area contributed by atoms with Gasteiger partial charge in [-0.3, -0.25) is 9.47 Å². The molecule has 1 heterocycles. The van der Waals surface area contributed by atoms with Gasteiger partial charge in [-0.15, -0.1) is 0 Å². The number of para-hydroxylation sites is 2. The molecule has 0 aliphatic heterocycles. The van der Waals surface area contributed by atoms with E-state index in [1.165, 1.54) is 12.8 Å². The van der Waals surface area contributed by atoms with Crippen LogP contribution in [0.1, 0.15) is 32.1 Å². The second-order valence-corrected chi connectivity index (χ2v) is 4.96. The molecule has 102 valence electrons. The van der Waals surface area contributed by atoms with E-state index in [0.717, 1.165) is 11.1 Å². The second kappa shape index (κ2) is 4.89. The maximum atomic E-state index is 13.3. The van der Waals surface area contributed by atoms with Crippen LogP contribution in [0, 0.1) is 0 Å². The van der Waals surface area contributed by atoms with E-state index in [9.17, 15) is 8.78 Å². The molecule has 0 unspecified atom stereocenters. The summed E-state index contributed by atoms with van der Waals surface area (Å²) in [4.78, 5) is 6.60. The van der Waals surface area contributed by atoms with Crippen molar-refractivity contribution in [2.45, 2.75) is 38.9 Å². The van der Waals surface area contributed by atoms with E-state index >= 15 is 0 Å². The summed E-state index contributed by atoms with van der Waals surface area (Å²) in [5.74, 6) is 0.463. The Bertz CT molecular complexity index is 575. The third-order valence-corrected chi connectivity index (χ3v) is 3.68. The monoisotopic (exact) mass is 265 g/mol. The van der Waals surface area contributed by atoms with Crippen molar-refractivity contribution in [1.29, 1.82) is 0 Å². The lowest BCUT2D eigenvalue weighted by Gasteiger charge is -2.19. The molecule has 1 aliphatic rings. The maximum absolute atomic E-state index is 13.3. The zero-order valence-electron chi connectivity index (χ0n) is 10.9. The Morgan fingerprint density at radius 3 is 2.74 bits per heavy atom. The van der Waals surface area contributed by atoms with Crippen LogP contribution in [-0.4, -0.2) is 27.0 Å². The highest BCUT2D eigenvalue weighted by molar-refractivity contribution is 5.75. The van der Waals surface area contributed by atoms with Gasteiger partial charge in [-0.1, -0.05) is 19.1 Å². The highest BCUT2D eigenvalue weighted by Gasteiger charge is 2.29. The van der Waals surface area contributed by atoms with Gasteiger partial charge in [-0.25, -0.2) is 4.98 Å². The van der Waals surface area contributed by atoms with E-state index in [1.54, 1.807) is 18.2 Å². The van der Waals surface area contributed by atoms with Crippen molar-refractivity contribution in [1.82, 2.24) is 14.5 Å². The first-order valence-corrected chi connectivity index (χ1v) is 6.68. The van der Waals surface area contributed by atoms with Crippen molar-refractivity contribution in [3.63, 3.8) is 0 Å². The van der Waals surface area contributed by atoms with Crippen LogP contribution >= 0.6 is 0 Å². The van der Waals surface area contributed by atoms with Crippen LogP contribution in [-0.2, 0) is 6.54 Å². The fourth-order valence-electron chi connectivity index (χ4n) is 2.54. The summed E-state index contributed by atoms with van der Waals surface area (Å²) in [7, 11) is 0. The number of hydrogen-bond donors (Lipinski definition) is 0. The number of hydrogen-bond acceptors (Lipinski definition) is 2. The molecule has 3 nitrogen and oxygen atoms in total. The normalized spacial score (nSPS) is 15.8. The standard InChI is InChI=1S/C14H17F2N3/c1-2-18(10-7-8-10)9-13-17-11-5-3-4-6-12(11)19(13)14(15)16/h3-6,10,14H,2,7-9H2,1H3. The van der Waals surface area contributed by atoms with Crippen molar-refractivity contribution in [3.05, 3.63) is 30.1 Å². The van der Waals surface area contributed by atoms with Crippen LogP contribution in [0.4, 0.5) is 8.78 Å². The van der Waals surface area contributed by atoms with Crippen LogP contribution in [0.25, 0.3) is 11.0 Å². The van der Waals surface area contributed by atoms with Gasteiger partial charge < -0.3 is 0 Å². The van der Waals surface area contributed by atoms with E-state index in [1.807, 2.05) is 6.07 Å². The van der Waals surface area contributed by atoms with Gasteiger partial charge in [0.1, 0.15) is 5.82 Å². The molecule has 1 saturated carbocycles. The van der Waals surface area contributed by atoms with Gasteiger partial charge in [0.15, 0.2) is 0 Å². The highest BCUT2D eigenvalue weighted by atomic mass is 19.3. The Morgan fingerprint density at radius 2 is 2.11 bits per heavy atom. The lowest BCUT2D eigenvalue weighted by molar-refractivity contribution is 0.0682. The number of nitrogens with zero attached hydrogens (tertiary/aromatic N) is 3. The summed E-state index contributed by atoms with van der Waals surface area (Å²) < 4.78 is 27.6. The summed E-state index contributed by atoms with van der Waals surface area (Å²) in [5, 5.41) is 0. The van der Waals surface area contributed by atoms with E-state index < -0.39 is 6.55 Å². The van der Waals surface area contributed by atoms with E-state index in [0.29, 0.717) is 29.4 Å². The van der Waals surface area contributed by atoms with Gasteiger partial charge in [-0.05, 0) is 31.5 Å². The molecule has 0 spiro atoms. The van der Waals surface area contributed by atoms with Crippen molar-refractivity contribution in [2.24, 2.45) is 0 Å². The van der Waals surface area contributed by atoms with E-state index in [-0.39, 0.29) is 0 Å². The molecule has 0 atom stereocenters. The first-order valence-electron chi connectivity index (χ1n) is 6.68. The first-order chi connectivity index (χ1) is 9.20. The number of rotatable bonds is 5. The predicted molar refractivity (Wildman–Crippen MR) is 70.1 cm³/mol. The zero-order chi connectivity index (χ0) is 13.4. The Hall–Kier alpha value is -1.49. The summed E-state index contributed by atoms with van der Waals surface area (Å²) in [6.07, 6.45) is 2.34. The average molecular weight is 265 g/mol. The number of halogens is 2. The summed E-state index contributed by atoms with van der Waals surface area (Å²) in [6, 6.07) is 7.63. The molecule has 5 heteroatoms. The molecule has 0 bridgehead atoms. The molecule has 1 aromatic carbocycles. The summed E-state index contributed by atoms with van der Waals surface area (Å²) >= 11 is 0. The Morgan fingerprint density at radius 1 is 1.37 bits per heavy atom. The fraction of sp³-hybridized carbons (Fsp3) is 0.500. The van der Waals surface area contributed by atoms with Gasteiger partial charge >= 0.3 is 6.55 Å². The third-order valence-electron chi connectivity index (χ3n) is 3.68. The van der Waals surface area contributed by atoms with Gasteiger partial charge in [0.25, 0.3) is 0 Å². The van der Waals surface area contributed by atoms with E-state index in [4.69, 9.17) is 0 Å². The van der Waals surface area contributed by atoms with Crippen molar-refractivity contribution in [3.8, 4) is 0 Å². The molecule has 0 radical (unpaired) electrons. The van der Waals surface area contributed by atoms with Gasteiger partial charge in [0.05, 0.1) is 17.6 Å². The predicted octanol–water partition coefficient (Wildman–Crippen LogP) is 3.42. The molecule has 2 aromatic rings. The minimum Gasteiger partial charge on any atom is -0.293 e. The van der Waals surface area contributed by atoms with Gasteiger partial charge in [0.2, 0.25) is 0 Å². The molecule has 1 aliphatic carbocycles. The fourth-order valence-corrected chi connectivity index (χ4v) is 2.54. The van der Waals surface area contributed by atoms with Crippen molar-refractivity contribution < 1.29 is 8.78 Å². The quantitative estimate of drug-likeness (QED) is 0.826. The molecular formula is C14H17F2N3. The van der Waals surface area contributed by atoms with Crippen LogP contribution in [0.2, 0.25) is 0 Å². The molecule has 1 fully saturated rings. The Kier molecular flexibility index (Phi) is 3.22. The second-order valence-electron chi connectivity index (χ2n) is 4.96. The number of alkyl halides is 2. The molecule has 1 aromatic heterocycles. The number of aromatic nitrogens is 2. The van der Waals surface area contributed by atoms with Gasteiger partial charge in [0, 0.05) is 6.04 Å². The highest BCUT2D eigenvalue weighted by Crippen LogP contribution is 2.30. The topological polar surface area (TPSA) is 21.1 Å². The first kappa shape index (κ1) is 12.5. The Balaban J connectivity index is 1.99. The molecule has 19 heavy (non-hydrogen) atoms. The molecular weight excluding hydrogens is 248 g/mol. The van der Waals surface area contributed by atoms with Crippen LogP contribution in [0.15, 0.2) is 24.3 Å². The lowest BCUT2D eigenvalue weighted by atomic mass is 10.3. The molecule has 3 rings (SSSR count). The van der Waals surface area contributed by atoms with E-state index in [2.05, 4.69) is 16.8 Å². The van der Waals surface area contributed by atoms with Crippen molar-refractivity contribution in [2.75, 3.05) is 6.54 Å². The third kappa shape index (κ3) is 2.34. The minimum absolute atomic E-state index is 0.463. The zero-order valence-corrected chi connectivity index (χ0v) is 10.9. The number of fused-ring (bicyclic) bond motifs is 1. The largest absolute Gasteiger partial charge is 0.320 e. The van der Waals surface area contributed by atoms with Gasteiger partial charge in [-0.2, -0.15) is 8.78 Å². The maximum Gasteiger partial charge on any atom is 0.320 e. The number of imidazole rings is 1. The number of benzene rings is 1. The van der Waals surface area contributed by atoms with Crippen LogP contribution in [0.3, 0.4) is 0 Å². The SMILES string of the molecule is CCN(Cc1nc2ccccc2n1C(F)F)C1CC1. The molecule has 0 N–H and O–H groups in total. The Labute approximate surface area is 110 Å². The summed E-state index contributed by atoms with van der Waals surface area (Å²) in [6.45, 7) is 0.894. The summed E-state index contributed by atoms with van der Waals surface area (Å²) in [5.41, 5.74) is 1.16.